The number of benzene rings is 1. The van der Waals surface area contributed by atoms with Crippen LogP contribution in [0.15, 0.2) is 64.6 Å². The Balaban J connectivity index is 1.37. The van der Waals surface area contributed by atoms with E-state index in [-0.39, 0.29) is 23.4 Å². The second kappa shape index (κ2) is 8.39. The summed E-state index contributed by atoms with van der Waals surface area (Å²) in [6, 6.07) is 13.0. The van der Waals surface area contributed by atoms with Gasteiger partial charge in [0.1, 0.15) is 5.82 Å². The molecule has 1 saturated heterocycles. The van der Waals surface area contributed by atoms with E-state index in [4.69, 9.17) is 4.42 Å². The van der Waals surface area contributed by atoms with Crippen LogP contribution in [0.2, 0.25) is 0 Å². The summed E-state index contributed by atoms with van der Waals surface area (Å²) in [7, 11) is 0. The molecule has 0 radical (unpaired) electrons. The number of amides is 2. The number of hydrogen-bond donors (Lipinski definition) is 0. The summed E-state index contributed by atoms with van der Waals surface area (Å²) in [5.41, 5.74) is 0.480. The Kier molecular flexibility index (Phi) is 5.28. The number of aromatic nitrogens is 3. The highest BCUT2D eigenvalue weighted by Gasteiger charge is 2.29. The quantitative estimate of drug-likeness (QED) is 0.475. The predicted molar refractivity (Wildman–Crippen MR) is 115 cm³/mol. The largest absolute Gasteiger partial charge is 0.459 e. The first-order chi connectivity index (χ1) is 15.6. The van der Waals surface area contributed by atoms with E-state index in [9.17, 15) is 14.0 Å². The maximum atomic E-state index is 13.8. The fraction of sp³-hybridized carbons (Fsp3) is 0.182. The van der Waals surface area contributed by atoms with E-state index in [1.54, 1.807) is 34.1 Å². The number of piperazine rings is 1. The molecule has 1 aliphatic rings. The van der Waals surface area contributed by atoms with Gasteiger partial charge in [0.05, 0.1) is 16.8 Å². The molecule has 0 N–H and O–H groups in total. The lowest BCUT2D eigenvalue weighted by molar-refractivity contribution is 0.0512. The van der Waals surface area contributed by atoms with Gasteiger partial charge in [-0.2, -0.15) is 0 Å². The minimum Gasteiger partial charge on any atom is -0.459 e. The average Bonchev–Trinajstić information content (AvgIpc) is 3.59. The summed E-state index contributed by atoms with van der Waals surface area (Å²) in [5, 5.41) is 6.31. The van der Waals surface area contributed by atoms with Crippen molar-refractivity contribution in [3.8, 4) is 16.4 Å². The van der Waals surface area contributed by atoms with Gasteiger partial charge in [-0.15, -0.1) is 16.4 Å². The first-order valence-electron chi connectivity index (χ1n) is 9.99. The fourth-order valence-corrected chi connectivity index (χ4v) is 4.26. The van der Waals surface area contributed by atoms with Crippen LogP contribution in [0.1, 0.15) is 21.2 Å². The Labute approximate surface area is 186 Å². The van der Waals surface area contributed by atoms with Crippen LogP contribution in [0, 0.1) is 5.82 Å². The number of carbonyl (C=O) groups is 2. The lowest BCUT2D eigenvalue weighted by Gasteiger charge is -2.33. The Morgan fingerprint density at radius 1 is 0.969 bits per heavy atom. The van der Waals surface area contributed by atoms with Gasteiger partial charge >= 0.3 is 0 Å². The molecule has 0 aliphatic carbocycles. The van der Waals surface area contributed by atoms with Crippen molar-refractivity contribution in [2.75, 3.05) is 26.2 Å². The Bertz CT molecular complexity index is 1240. The molecule has 0 spiro atoms. The number of carbonyl (C=O) groups excluding carboxylic acids is 2. The highest BCUT2D eigenvalue weighted by atomic mass is 32.1. The van der Waals surface area contributed by atoms with Gasteiger partial charge < -0.3 is 14.2 Å². The van der Waals surface area contributed by atoms with Gasteiger partial charge in [-0.1, -0.05) is 12.1 Å². The molecule has 8 nitrogen and oxygen atoms in total. The second-order valence-corrected chi connectivity index (χ2v) is 8.14. The fourth-order valence-electron chi connectivity index (χ4n) is 3.57. The molecular formula is C22H18FN5O3S. The van der Waals surface area contributed by atoms with Gasteiger partial charge in [-0.05, 0) is 41.8 Å². The van der Waals surface area contributed by atoms with E-state index in [1.807, 2.05) is 17.5 Å². The number of hydrogen-bond acceptors (Lipinski definition) is 6. The third-order valence-corrected chi connectivity index (χ3v) is 6.04. The van der Waals surface area contributed by atoms with Crippen LogP contribution in [-0.2, 0) is 0 Å². The van der Waals surface area contributed by atoms with Crippen LogP contribution in [0.4, 0.5) is 4.39 Å². The number of furan rings is 1. The van der Waals surface area contributed by atoms with E-state index >= 15 is 0 Å². The number of nitrogens with zero attached hydrogens (tertiary/aromatic N) is 5. The molecule has 0 bridgehead atoms. The van der Waals surface area contributed by atoms with Crippen molar-refractivity contribution in [3.05, 3.63) is 77.6 Å². The van der Waals surface area contributed by atoms with Crippen LogP contribution in [0.5, 0.6) is 0 Å². The molecule has 10 heteroatoms. The summed E-state index contributed by atoms with van der Waals surface area (Å²) < 4.78 is 20.5. The van der Waals surface area contributed by atoms with Gasteiger partial charge in [-0.3, -0.25) is 9.59 Å². The zero-order valence-corrected chi connectivity index (χ0v) is 17.7. The number of halogens is 1. The Morgan fingerprint density at radius 2 is 1.75 bits per heavy atom. The van der Waals surface area contributed by atoms with Gasteiger partial charge in [0.2, 0.25) is 5.82 Å². The zero-order valence-electron chi connectivity index (χ0n) is 16.8. The van der Waals surface area contributed by atoms with Crippen LogP contribution < -0.4 is 0 Å². The lowest BCUT2D eigenvalue weighted by Crippen LogP contribution is -2.50. The monoisotopic (exact) mass is 451 g/mol. The number of rotatable bonds is 4. The normalized spacial score (nSPS) is 14.0. The summed E-state index contributed by atoms with van der Waals surface area (Å²) in [6.45, 7) is 1.48. The standard InChI is InChI=1S/C22H18FN5O3S/c23-15-4-1-5-16(14-15)28-20(18-7-3-13-32-18)24-19(25-28)22(30)27-10-8-26(9-11-27)21(29)17-6-2-12-31-17/h1-7,12-14H,8-11H2. The topological polar surface area (TPSA) is 84.5 Å². The highest BCUT2D eigenvalue weighted by molar-refractivity contribution is 7.13. The van der Waals surface area contributed by atoms with Crippen molar-refractivity contribution in [1.29, 1.82) is 0 Å². The van der Waals surface area contributed by atoms with E-state index in [1.165, 1.54) is 34.4 Å². The predicted octanol–water partition coefficient (Wildman–Crippen LogP) is 3.33. The van der Waals surface area contributed by atoms with Crippen molar-refractivity contribution < 1.29 is 18.4 Å². The molecule has 0 saturated carbocycles. The number of thiophene rings is 1. The van der Waals surface area contributed by atoms with E-state index < -0.39 is 5.82 Å². The van der Waals surface area contributed by atoms with Crippen molar-refractivity contribution >= 4 is 23.2 Å². The van der Waals surface area contributed by atoms with Crippen LogP contribution >= 0.6 is 11.3 Å². The first-order valence-corrected chi connectivity index (χ1v) is 10.9. The molecule has 1 aliphatic heterocycles. The van der Waals surface area contributed by atoms with E-state index in [0.29, 0.717) is 37.7 Å². The van der Waals surface area contributed by atoms with Crippen molar-refractivity contribution in [3.63, 3.8) is 0 Å². The molecule has 1 fully saturated rings. The van der Waals surface area contributed by atoms with Crippen LogP contribution in [0.25, 0.3) is 16.4 Å². The van der Waals surface area contributed by atoms with Gasteiger partial charge in [0.15, 0.2) is 11.6 Å². The van der Waals surface area contributed by atoms with Crippen molar-refractivity contribution in [2.24, 2.45) is 0 Å². The average molecular weight is 451 g/mol. The van der Waals surface area contributed by atoms with Crippen LogP contribution in [0.3, 0.4) is 0 Å². The molecule has 0 unspecified atom stereocenters. The maximum absolute atomic E-state index is 13.8. The summed E-state index contributed by atoms with van der Waals surface area (Å²) >= 11 is 1.46. The minimum atomic E-state index is -0.402. The molecule has 5 rings (SSSR count). The molecule has 2 amide bonds. The second-order valence-electron chi connectivity index (χ2n) is 7.19. The van der Waals surface area contributed by atoms with Gasteiger partial charge in [0.25, 0.3) is 11.8 Å². The lowest BCUT2D eigenvalue weighted by atomic mass is 10.2. The molecule has 0 atom stereocenters. The van der Waals surface area contributed by atoms with E-state index in [0.717, 1.165) is 4.88 Å². The highest BCUT2D eigenvalue weighted by Crippen LogP contribution is 2.26. The third kappa shape index (κ3) is 3.80. The molecule has 4 heterocycles. The Hall–Kier alpha value is -3.79. The third-order valence-electron chi connectivity index (χ3n) is 5.18. The molecule has 4 aromatic rings. The van der Waals surface area contributed by atoms with Crippen LogP contribution in [-0.4, -0.2) is 62.6 Å². The molecule has 32 heavy (non-hydrogen) atoms. The molecule has 3 aromatic heterocycles. The van der Waals surface area contributed by atoms with Gasteiger partial charge in [0, 0.05) is 26.2 Å². The smallest absolute Gasteiger partial charge is 0.293 e. The van der Waals surface area contributed by atoms with Crippen molar-refractivity contribution in [1.82, 2.24) is 24.6 Å². The maximum Gasteiger partial charge on any atom is 0.293 e. The Morgan fingerprint density at radius 3 is 2.41 bits per heavy atom. The summed E-state index contributed by atoms with van der Waals surface area (Å²) in [4.78, 5) is 34.1. The molecule has 1 aromatic carbocycles. The summed E-state index contributed by atoms with van der Waals surface area (Å²) in [5.74, 6) is -0.149. The molecule has 162 valence electrons. The van der Waals surface area contributed by atoms with E-state index in [2.05, 4.69) is 10.1 Å². The van der Waals surface area contributed by atoms with Crippen molar-refractivity contribution in [2.45, 2.75) is 0 Å². The minimum absolute atomic E-state index is 0.0310. The zero-order chi connectivity index (χ0) is 22.1. The first kappa shape index (κ1) is 20.1. The van der Waals surface area contributed by atoms with Gasteiger partial charge in [-0.25, -0.2) is 14.1 Å². The molecular weight excluding hydrogens is 433 g/mol. The summed E-state index contributed by atoms with van der Waals surface area (Å²) in [6.07, 6.45) is 1.46. The SMILES string of the molecule is O=C(c1nc(-c2cccs2)n(-c2cccc(F)c2)n1)N1CCN(C(=O)c2ccco2)CC1.